The maximum Gasteiger partial charge on any atom is 0.242 e. The summed E-state index contributed by atoms with van der Waals surface area (Å²) in [5.41, 5.74) is 4.90. The molecule has 1 N–H and O–H groups in total. The number of thiazole rings is 1. The van der Waals surface area contributed by atoms with Crippen molar-refractivity contribution in [2.45, 2.75) is 24.8 Å². The predicted molar refractivity (Wildman–Crippen MR) is 142 cm³/mol. The normalized spacial score (nSPS) is 11.7. The van der Waals surface area contributed by atoms with Gasteiger partial charge in [-0.2, -0.15) is 0 Å². The van der Waals surface area contributed by atoms with E-state index >= 15 is 0 Å². The van der Waals surface area contributed by atoms with Crippen molar-refractivity contribution in [2.24, 2.45) is 0 Å². The van der Waals surface area contributed by atoms with Crippen LogP contribution in [0.2, 0.25) is 0 Å². The maximum atomic E-state index is 12.3. The maximum absolute atomic E-state index is 12.3. The van der Waals surface area contributed by atoms with E-state index in [2.05, 4.69) is 77.6 Å². The van der Waals surface area contributed by atoms with Gasteiger partial charge in [-0.15, -0.1) is 11.3 Å². The lowest BCUT2D eigenvalue weighted by Gasteiger charge is -2.29. The van der Waals surface area contributed by atoms with Crippen LogP contribution in [0.4, 0.5) is 22.2 Å². The number of rotatable bonds is 8. The fourth-order valence-electron chi connectivity index (χ4n) is 3.64. The Kier molecular flexibility index (Phi) is 7.02. The van der Waals surface area contributed by atoms with E-state index in [1.165, 1.54) is 29.7 Å². The van der Waals surface area contributed by atoms with Gasteiger partial charge in [-0.05, 0) is 62.4 Å². The van der Waals surface area contributed by atoms with Gasteiger partial charge in [0.2, 0.25) is 10.0 Å². The highest BCUT2D eigenvalue weighted by molar-refractivity contribution is 7.89. The van der Waals surface area contributed by atoms with Gasteiger partial charge in [0.25, 0.3) is 0 Å². The molecule has 3 aromatic carbocycles. The minimum absolute atomic E-state index is 0.265. The Balaban J connectivity index is 1.48. The molecule has 0 unspecified atom stereocenters. The van der Waals surface area contributed by atoms with Gasteiger partial charge in [0, 0.05) is 48.1 Å². The molecule has 0 spiro atoms. The SMILES string of the molecule is CC(C)N(c1ccccc1)c1ccc(Nc2nc(-c3ccc(S(=O)(=O)N(C)C)cc3)cs2)cc1. The number of hydrogen-bond donors (Lipinski definition) is 1. The van der Waals surface area contributed by atoms with Crippen LogP contribution in [-0.2, 0) is 10.0 Å². The van der Waals surface area contributed by atoms with Crippen LogP contribution >= 0.6 is 11.3 Å². The first kappa shape index (κ1) is 23.9. The Morgan fingerprint density at radius 2 is 1.47 bits per heavy atom. The monoisotopic (exact) mass is 492 g/mol. The highest BCUT2D eigenvalue weighted by atomic mass is 32.2. The summed E-state index contributed by atoms with van der Waals surface area (Å²) in [5, 5.41) is 6.10. The number of para-hydroxylation sites is 1. The number of anilines is 4. The van der Waals surface area contributed by atoms with Gasteiger partial charge < -0.3 is 10.2 Å². The van der Waals surface area contributed by atoms with Crippen molar-refractivity contribution in [1.29, 1.82) is 0 Å². The summed E-state index contributed by atoms with van der Waals surface area (Å²) < 4.78 is 25.7. The van der Waals surface area contributed by atoms with Crippen LogP contribution < -0.4 is 10.2 Å². The average molecular weight is 493 g/mol. The third kappa shape index (κ3) is 5.14. The number of aromatic nitrogens is 1. The summed E-state index contributed by atoms with van der Waals surface area (Å²) in [6, 6.07) is 25.8. The molecule has 0 saturated heterocycles. The number of nitrogens with zero attached hydrogens (tertiary/aromatic N) is 3. The molecule has 0 aliphatic heterocycles. The molecule has 0 fully saturated rings. The van der Waals surface area contributed by atoms with Crippen LogP contribution in [0.1, 0.15) is 13.8 Å². The van der Waals surface area contributed by atoms with Crippen molar-refractivity contribution < 1.29 is 8.42 Å². The molecule has 6 nitrogen and oxygen atoms in total. The summed E-state index contributed by atoms with van der Waals surface area (Å²) in [6.07, 6.45) is 0. The first-order valence-electron chi connectivity index (χ1n) is 11.0. The Morgan fingerprint density at radius 1 is 0.853 bits per heavy atom. The van der Waals surface area contributed by atoms with Crippen molar-refractivity contribution in [1.82, 2.24) is 9.29 Å². The Hall–Kier alpha value is -3.20. The van der Waals surface area contributed by atoms with Gasteiger partial charge in [-0.1, -0.05) is 30.3 Å². The lowest BCUT2D eigenvalue weighted by atomic mass is 10.2. The molecule has 0 saturated carbocycles. The van der Waals surface area contributed by atoms with E-state index in [9.17, 15) is 8.42 Å². The molecule has 34 heavy (non-hydrogen) atoms. The molecule has 176 valence electrons. The second-order valence-electron chi connectivity index (χ2n) is 8.32. The van der Waals surface area contributed by atoms with Crippen molar-refractivity contribution in [2.75, 3.05) is 24.3 Å². The molecule has 4 aromatic rings. The number of sulfonamides is 1. The average Bonchev–Trinajstić information content (AvgIpc) is 3.29. The minimum atomic E-state index is -3.44. The van der Waals surface area contributed by atoms with Gasteiger partial charge >= 0.3 is 0 Å². The summed E-state index contributed by atoms with van der Waals surface area (Å²) in [6.45, 7) is 4.36. The fourth-order valence-corrected chi connectivity index (χ4v) is 5.28. The first-order valence-corrected chi connectivity index (χ1v) is 13.3. The summed E-state index contributed by atoms with van der Waals surface area (Å²) >= 11 is 1.51. The molecule has 0 aliphatic carbocycles. The van der Waals surface area contributed by atoms with Crippen molar-refractivity contribution in [3.63, 3.8) is 0 Å². The quantitative estimate of drug-likeness (QED) is 0.310. The standard InChI is InChI=1S/C26H28N4O2S2/c1-19(2)30(22-8-6-5-7-9-22)23-14-12-21(13-15-23)27-26-28-25(18-33-26)20-10-16-24(17-11-20)34(31,32)29(3)4/h5-19H,1-4H3,(H,27,28). The predicted octanol–water partition coefficient (Wildman–Crippen LogP) is 6.35. The molecule has 0 atom stereocenters. The minimum Gasteiger partial charge on any atom is -0.339 e. The summed E-state index contributed by atoms with van der Waals surface area (Å²) in [5.74, 6) is 0. The van der Waals surface area contributed by atoms with E-state index in [1.54, 1.807) is 24.3 Å². The topological polar surface area (TPSA) is 65.5 Å². The highest BCUT2D eigenvalue weighted by Crippen LogP contribution is 2.31. The molecule has 0 amide bonds. The number of nitrogens with one attached hydrogen (secondary N) is 1. The molecule has 8 heteroatoms. The zero-order chi connectivity index (χ0) is 24.3. The zero-order valence-electron chi connectivity index (χ0n) is 19.6. The van der Waals surface area contributed by atoms with E-state index in [0.717, 1.165) is 33.5 Å². The van der Waals surface area contributed by atoms with E-state index in [-0.39, 0.29) is 4.90 Å². The van der Waals surface area contributed by atoms with Crippen LogP contribution in [0.5, 0.6) is 0 Å². The van der Waals surface area contributed by atoms with Crippen LogP contribution in [-0.4, -0.2) is 37.8 Å². The van der Waals surface area contributed by atoms with Gasteiger partial charge in [0.1, 0.15) is 0 Å². The molecule has 0 aliphatic rings. The van der Waals surface area contributed by atoms with Crippen molar-refractivity contribution >= 4 is 43.6 Å². The van der Waals surface area contributed by atoms with E-state index in [4.69, 9.17) is 0 Å². The molecule has 1 aromatic heterocycles. The lowest BCUT2D eigenvalue weighted by Crippen LogP contribution is -2.25. The Bertz CT molecular complexity index is 1330. The van der Waals surface area contributed by atoms with Gasteiger partial charge in [0.05, 0.1) is 10.6 Å². The molecule has 4 rings (SSSR count). The van der Waals surface area contributed by atoms with Crippen molar-refractivity contribution in [3.8, 4) is 11.3 Å². The number of benzene rings is 3. The van der Waals surface area contributed by atoms with Crippen LogP contribution in [0.25, 0.3) is 11.3 Å². The fraction of sp³-hybridized carbons (Fsp3) is 0.192. The summed E-state index contributed by atoms with van der Waals surface area (Å²) in [4.78, 5) is 7.23. The molecular weight excluding hydrogens is 464 g/mol. The number of hydrogen-bond acceptors (Lipinski definition) is 6. The van der Waals surface area contributed by atoms with Gasteiger partial charge in [-0.25, -0.2) is 17.7 Å². The van der Waals surface area contributed by atoms with Gasteiger partial charge in [0.15, 0.2) is 5.13 Å². The van der Waals surface area contributed by atoms with Crippen LogP contribution in [0.3, 0.4) is 0 Å². The molecule has 1 heterocycles. The Morgan fingerprint density at radius 3 is 2.06 bits per heavy atom. The van der Waals surface area contributed by atoms with Crippen molar-refractivity contribution in [3.05, 3.63) is 84.2 Å². The third-order valence-corrected chi connectivity index (χ3v) is 7.97. The van der Waals surface area contributed by atoms with E-state index in [0.29, 0.717) is 6.04 Å². The smallest absolute Gasteiger partial charge is 0.242 e. The van der Waals surface area contributed by atoms with E-state index < -0.39 is 10.0 Å². The second-order valence-corrected chi connectivity index (χ2v) is 11.3. The first-order chi connectivity index (χ1) is 16.3. The van der Waals surface area contributed by atoms with E-state index in [1.807, 2.05) is 11.4 Å². The second kappa shape index (κ2) is 9.97. The molecule has 0 radical (unpaired) electrons. The molecule has 0 bridgehead atoms. The largest absolute Gasteiger partial charge is 0.339 e. The highest BCUT2D eigenvalue weighted by Gasteiger charge is 2.17. The zero-order valence-corrected chi connectivity index (χ0v) is 21.3. The van der Waals surface area contributed by atoms with Gasteiger partial charge in [-0.3, -0.25) is 0 Å². The summed E-state index contributed by atoms with van der Waals surface area (Å²) in [7, 11) is -0.397. The lowest BCUT2D eigenvalue weighted by molar-refractivity contribution is 0.521. The van der Waals surface area contributed by atoms with Crippen LogP contribution in [0.15, 0.2) is 89.1 Å². The molecular formula is C26H28N4O2S2. The third-order valence-electron chi connectivity index (χ3n) is 5.38. The van der Waals surface area contributed by atoms with Crippen LogP contribution in [0, 0.1) is 0 Å². The Labute approximate surface area is 205 Å².